The first-order chi connectivity index (χ1) is 12.3. The van der Waals surface area contributed by atoms with Gasteiger partial charge in [0.1, 0.15) is 12.7 Å². The summed E-state index contributed by atoms with van der Waals surface area (Å²) in [4.78, 5) is 8.77. The minimum Gasteiger partial charge on any atom is -0.357 e. The van der Waals surface area contributed by atoms with Crippen molar-refractivity contribution in [3.8, 4) is 0 Å². The van der Waals surface area contributed by atoms with Crippen molar-refractivity contribution in [2.45, 2.75) is 58.2 Å². The van der Waals surface area contributed by atoms with E-state index in [1.807, 2.05) is 4.68 Å². The van der Waals surface area contributed by atoms with Gasteiger partial charge in [-0.15, -0.1) is 24.0 Å². The van der Waals surface area contributed by atoms with Gasteiger partial charge in [-0.05, 0) is 30.9 Å². The molecule has 0 amide bonds. The summed E-state index contributed by atoms with van der Waals surface area (Å²) in [5.74, 6) is 0.927. The standard InChI is InChI=1S/C19H28N6.HI/c1-2-21-19(24-18-9-4-3-5-10-18)22-12-16-7-6-8-17(11-16)13-25-15-20-14-23-25;/h6-8,11,14-15,18H,2-5,9-10,12-13H2,1H3,(H2,21,22,24);1H. The number of guanidine groups is 1. The van der Waals surface area contributed by atoms with Gasteiger partial charge in [0.25, 0.3) is 0 Å². The second kappa shape index (κ2) is 11.2. The number of rotatable bonds is 6. The molecule has 1 saturated carbocycles. The summed E-state index contributed by atoms with van der Waals surface area (Å²) in [5, 5.41) is 11.1. The maximum absolute atomic E-state index is 4.78. The third-order valence-corrected chi connectivity index (χ3v) is 4.51. The van der Waals surface area contributed by atoms with Crippen LogP contribution in [-0.2, 0) is 13.1 Å². The highest BCUT2D eigenvalue weighted by Crippen LogP contribution is 2.17. The Morgan fingerprint density at radius 3 is 2.77 bits per heavy atom. The van der Waals surface area contributed by atoms with E-state index in [0.717, 1.165) is 19.0 Å². The first kappa shape index (κ1) is 20.7. The van der Waals surface area contributed by atoms with Gasteiger partial charge in [-0.2, -0.15) is 5.10 Å². The van der Waals surface area contributed by atoms with Gasteiger partial charge >= 0.3 is 0 Å². The maximum Gasteiger partial charge on any atom is 0.191 e. The number of aliphatic imine (C=N–C) groups is 1. The van der Waals surface area contributed by atoms with Crippen LogP contribution in [0.25, 0.3) is 0 Å². The summed E-state index contributed by atoms with van der Waals surface area (Å²) in [6.07, 6.45) is 9.80. The average molecular weight is 468 g/mol. The molecule has 1 heterocycles. The highest BCUT2D eigenvalue weighted by Gasteiger charge is 2.14. The molecule has 7 heteroatoms. The molecule has 26 heavy (non-hydrogen) atoms. The zero-order valence-electron chi connectivity index (χ0n) is 15.4. The van der Waals surface area contributed by atoms with Crippen LogP contribution in [-0.4, -0.2) is 33.3 Å². The number of aromatic nitrogens is 3. The van der Waals surface area contributed by atoms with Crippen LogP contribution >= 0.6 is 24.0 Å². The Morgan fingerprint density at radius 1 is 1.23 bits per heavy atom. The van der Waals surface area contributed by atoms with Crippen LogP contribution in [0.15, 0.2) is 41.9 Å². The fourth-order valence-corrected chi connectivity index (χ4v) is 3.26. The molecule has 3 rings (SSSR count). The van der Waals surface area contributed by atoms with Gasteiger partial charge in [0.2, 0.25) is 0 Å². The van der Waals surface area contributed by atoms with E-state index in [-0.39, 0.29) is 24.0 Å². The highest BCUT2D eigenvalue weighted by molar-refractivity contribution is 14.0. The zero-order chi connectivity index (χ0) is 17.3. The average Bonchev–Trinajstić information content (AvgIpc) is 3.14. The van der Waals surface area contributed by atoms with E-state index in [1.165, 1.54) is 43.2 Å². The molecule has 142 valence electrons. The lowest BCUT2D eigenvalue weighted by atomic mass is 9.96. The van der Waals surface area contributed by atoms with Gasteiger partial charge in [0.15, 0.2) is 5.96 Å². The number of nitrogens with one attached hydrogen (secondary N) is 2. The monoisotopic (exact) mass is 468 g/mol. The van der Waals surface area contributed by atoms with Crippen molar-refractivity contribution in [3.63, 3.8) is 0 Å². The maximum atomic E-state index is 4.78. The van der Waals surface area contributed by atoms with E-state index < -0.39 is 0 Å². The number of hydrogen-bond acceptors (Lipinski definition) is 3. The summed E-state index contributed by atoms with van der Waals surface area (Å²) in [6, 6.07) is 9.07. The van der Waals surface area contributed by atoms with Crippen LogP contribution in [0.1, 0.15) is 50.2 Å². The van der Waals surface area contributed by atoms with Crippen molar-refractivity contribution in [2.24, 2.45) is 4.99 Å². The van der Waals surface area contributed by atoms with Crippen molar-refractivity contribution >= 4 is 29.9 Å². The quantitative estimate of drug-likeness (QED) is 0.388. The largest absolute Gasteiger partial charge is 0.357 e. The Hall–Kier alpha value is -1.64. The van der Waals surface area contributed by atoms with E-state index in [9.17, 15) is 0 Å². The number of nitrogens with zero attached hydrogens (tertiary/aromatic N) is 4. The van der Waals surface area contributed by atoms with Gasteiger partial charge in [0, 0.05) is 12.6 Å². The van der Waals surface area contributed by atoms with Crippen molar-refractivity contribution in [1.29, 1.82) is 0 Å². The molecule has 2 N–H and O–H groups in total. The third kappa shape index (κ3) is 6.59. The van der Waals surface area contributed by atoms with E-state index in [4.69, 9.17) is 4.99 Å². The number of benzene rings is 1. The molecule has 2 aromatic rings. The van der Waals surface area contributed by atoms with Gasteiger partial charge in [-0.25, -0.2) is 14.7 Å². The van der Waals surface area contributed by atoms with Gasteiger partial charge in [-0.1, -0.05) is 43.5 Å². The van der Waals surface area contributed by atoms with Crippen LogP contribution < -0.4 is 10.6 Å². The molecule has 1 aromatic carbocycles. The van der Waals surface area contributed by atoms with Gasteiger partial charge < -0.3 is 10.6 Å². The molecular weight excluding hydrogens is 439 g/mol. The minimum atomic E-state index is 0. The molecule has 6 nitrogen and oxygen atoms in total. The van der Waals surface area contributed by atoms with E-state index in [2.05, 4.69) is 51.9 Å². The summed E-state index contributed by atoms with van der Waals surface area (Å²) < 4.78 is 1.83. The van der Waals surface area contributed by atoms with E-state index >= 15 is 0 Å². The van der Waals surface area contributed by atoms with Gasteiger partial charge in [-0.3, -0.25) is 0 Å². The molecule has 1 fully saturated rings. The van der Waals surface area contributed by atoms with Crippen LogP contribution in [0.5, 0.6) is 0 Å². The van der Waals surface area contributed by atoms with E-state index in [0.29, 0.717) is 12.6 Å². The summed E-state index contributed by atoms with van der Waals surface area (Å²) in [6.45, 7) is 4.40. The number of hydrogen-bond donors (Lipinski definition) is 2. The normalized spacial score (nSPS) is 15.3. The smallest absolute Gasteiger partial charge is 0.191 e. The first-order valence-electron chi connectivity index (χ1n) is 9.28. The van der Waals surface area contributed by atoms with E-state index in [1.54, 1.807) is 12.7 Å². The second-order valence-corrected chi connectivity index (χ2v) is 6.59. The molecule has 0 atom stereocenters. The lowest BCUT2D eigenvalue weighted by molar-refractivity contribution is 0.410. The Bertz CT molecular complexity index is 664. The Morgan fingerprint density at radius 2 is 2.04 bits per heavy atom. The molecule has 1 aromatic heterocycles. The molecule has 0 unspecified atom stereocenters. The minimum absolute atomic E-state index is 0. The van der Waals surface area contributed by atoms with Crippen molar-refractivity contribution in [2.75, 3.05) is 6.54 Å². The van der Waals surface area contributed by atoms with Crippen LogP contribution in [0.2, 0.25) is 0 Å². The highest BCUT2D eigenvalue weighted by atomic mass is 127. The summed E-state index contributed by atoms with van der Waals surface area (Å²) in [7, 11) is 0. The zero-order valence-corrected chi connectivity index (χ0v) is 17.7. The molecule has 0 aliphatic heterocycles. The molecule has 0 spiro atoms. The predicted molar refractivity (Wildman–Crippen MR) is 116 cm³/mol. The topological polar surface area (TPSA) is 67.1 Å². The third-order valence-electron chi connectivity index (χ3n) is 4.51. The molecular formula is C19H29IN6. The van der Waals surface area contributed by atoms with Crippen LogP contribution in [0.3, 0.4) is 0 Å². The Balaban J connectivity index is 0.00000243. The lowest BCUT2D eigenvalue weighted by Gasteiger charge is -2.24. The molecule has 0 bridgehead atoms. The lowest BCUT2D eigenvalue weighted by Crippen LogP contribution is -2.44. The summed E-state index contributed by atoms with van der Waals surface area (Å²) in [5.41, 5.74) is 2.42. The Labute approximate surface area is 172 Å². The molecule has 0 radical (unpaired) electrons. The first-order valence-corrected chi connectivity index (χ1v) is 9.28. The van der Waals surface area contributed by atoms with Gasteiger partial charge in [0.05, 0.1) is 13.1 Å². The SMILES string of the molecule is CCNC(=NCc1cccc(Cn2cncn2)c1)NC1CCCCC1.I. The number of halogens is 1. The summed E-state index contributed by atoms with van der Waals surface area (Å²) >= 11 is 0. The molecule has 1 aliphatic rings. The molecule has 0 saturated heterocycles. The molecule has 1 aliphatic carbocycles. The van der Waals surface area contributed by atoms with Crippen molar-refractivity contribution in [1.82, 2.24) is 25.4 Å². The Kier molecular flexibility index (Phi) is 8.87. The van der Waals surface area contributed by atoms with Crippen molar-refractivity contribution < 1.29 is 0 Å². The second-order valence-electron chi connectivity index (χ2n) is 6.59. The van der Waals surface area contributed by atoms with Crippen LogP contribution in [0, 0.1) is 0 Å². The predicted octanol–water partition coefficient (Wildman–Crippen LogP) is 3.33. The fraction of sp³-hybridized carbons (Fsp3) is 0.526. The van der Waals surface area contributed by atoms with Crippen LogP contribution in [0.4, 0.5) is 0 Å². The van der Waals surface area contributed by atoms with Crippen molar-refractivity contribution in [3.05, 3.63) is 48.0 Å². The fourth-order valence-electron chi connectivity index (χ4n) is 3.26.